The lowest BCUT2D eigenvalue weighted by Crippen LogP contribution is -2.37. The molecule has 29 heavy (non-hydrogen) atoms. The Labute approximate surface area is 169 Å². The quantitative estimate of drug-likeness (QED) is 0.821. The van der Waals surface area contributed by atoms with E-state index in [0.29, 0.717) is 18.3 Å². The first-order valence-corrected chi connectivity index (χ1v) is 9.89. The molecular weight excluding hydrogens is 368 g/mol. The zero-order valence-corrected chi connectivity index (χ0v) is 16.8. The summed E-state index contributed by atoms with van der Waals surface area (Å²) in [5, 5.41) is 17.6. The van der Waals surface area contributed by atoms with E-state index < -0.39 is 5.41 Å². The fourth-order valence-corrected chi connectivity index (χ4v) is 4.68. The van der Waals surface area contributed by atoms with Crippen LogP contribution in [0, 0.1) is 11.3 Å². The van der Waals surface area contributed by atoms with Crippen LogP contribution in [0.4, 0.5) is 5.69 Å². The van der Waals surface area contributed by atoms with Gasteiger partial charge >= 0.3 is 0 Å². The number of nitrogens with one attached hydrogen (secondary N) is 1. The number of aliphatic imine (C=N–C) groups is 2. The molecule has 5 rings (SSSR count). The van der Waals surface area contributed by atoms with Crippen molar-refractivity contribution in [1.29, 1.82) is 0 Å². The molecule has 2 atom stereocenters. The minimum atomic E-state index is -0.568. The molecule has 2 N–H and O–H groups in total. The van der Waals surface area contributed by atoms with Gasteiger partial charge in [-0.1, -0.05) is 26.0 Å². The van der Waals surface area contributed by atoms with Crippen molar-refractivity contribution in [1.82, 2.24) is 14.7 Å². The maximum atomic E-state index is 13.4. The molecule has 0 saturated carbocycles. The van der Waals surface area contributed by atoms with E-state index in [1.54, 1.807) is 16.9 Å². The number of carbonyl (C=O) groups excluding carboxylic acids is 1. The summed E-state index contributed by atoms with van der Waals surface area (Å²) >= 11 is 0. The van der Waals surface area contributed by atoms with Crippen LogP contribution in [0.1, 0.15) is 37.4 Å². The summed E-state index contributed by atoms with van der Waals surface area (Å²) in [7, 11) is 1.85. The number of aromatic hydroxyl groups is 1. The van der Waals surface area contributed by atoms with Crippen LogP contribution in [0.3, 0.4) is 0 Å². The second-order valence-corrected chi connectivity index (χ2v) is 8.51. The first-order valence-electron chi connectivity index (χ1n) is 9.89. The molecule has 1 aromatic heterocycles. The van der Waals surface area contributed by atoms with Gasteiger partial charge in [0.15, 0.2) is 0 Å². The predicted molar refractivity (Wildman–Crippen MR) is 110 cm³/mol. The van der Waals surface area contributed by atoms with Crippen molar-refractivity contribution in [3.05, 3.63) is 41.7 Å². The van der Waals surface area contributed by atoms with Crippen LogP contribution in [0.2, 0.25) is 0 Å². The maximum absolute atomic E-state index is 13.4. The van der Waals surface area contributed by atoms with E-state index >= 15 is 0 Å². The van der Waals surface area contributed by atoms with Crippen molar-refractivity contribution in [2.75, 3.05) is 11.9 Å². The Morgan fingerprint density at radius 2 is 2.14 bits per heavy atom. The van der Waals surface area contributed by atoms with E-state index in [9.17, 15) is 9.90 Å². The van der Waals surface area contributed by atoms with Crippen LogP contribution < -0.4 is 5.32 Å². The van der Waals surface area contributed by atoms with Crippen LogP contribution in [0.25, 0.3) is 0 Å². The second kappa shape index (κ2) is 6.17. The molecule has 8 nitrogen and oxygen atoms in total. The highest BCUT2D eigenvalue weighted by atomic mass is 16.3. The number of aromatic nitrogens is 2. The highest BCUT2D eigenvalue weighted by molar-refractivity contribution is 6.15. The maximum Gasteiger partial charge on any atom is 0.234 e. The average molecular weight is 392 g/mol. The van der Waals surface area contributed by atoms with E-state index in [1.807, 2.05) is 44.1 Å². The van der Waals surface area contributed by atoms with Gasteiger partial charge in [-0.15, -0.1) is 0 Å². The smallest absolute Gasteiger partial charge is 0.234 e. The molecule has 1 aromatic carbocycles. The molecule has 1 amide bonds. The summed E-state index contributed by atoms with van der Waals surface area (Å²) in [6, 6.07) is 5.45. The standard InChI is InChI=1S/C21H24N6O2/c1-21(2)15-10-22-20(24-12-9-23-26(3)11-12)25-18(15)27(19(21)29)16-8-7-14-13(16)5-4-6-17(14)28/h4-6,9,11,15-16,28H,7-8,10H2,1-3H3,(H,22,24). The Hall–Kier alpha value is -3.16. The van der Waals surface area contributed by atoms with E-state index in [-0.39, 0.29) is 17.9 Å². The van der Waals surface area contributed by atoms with E-state index in [0.717, 1.165) is 35.5 Å². The van der Waals surface area contributed by atoms with E-state index in [4.69, 9.17) is 4.99 Å². The number of rotatable bonds is 2. The van der Waals surface area contributed by atoms with Crippen LogP contribution in [-0.2, 0) is 18.3 Å². The minimum absolute atomic E-state index is 0.0594. The first-order chi connectivity index (χ1) is 13.9. The normalized spacial score (nSPS) is 24.8. The lowest BCUT2D eigenvalue weighted by atomic mass is 9.80. The highest BCUT2D eigenvalue weighted by Crippen LogP contribution is 2.48. The van der Waals surface area contributed by atoms with E-state index in [2.05, 4.69) is 15.4 Å². The third kappa shape index (κ3) is 2.66. The lowest BCUT2D eigenvalue weighted by molar-refractivity contribution is -0.135. The molecule has 1 fully saturated rings. The van der Waals surface area contributed by atoms with Gasteiger partial charge in [-0.2, -0.15) is 10.1 Å². The largest absolute Gasteiger partial charge is 0.508 e. The molecule has 0 spiro atoms. The van der Waals surface area contributed by atoms with Crippen molar-refractivity contribution in [2.45, 2.75) is 32.7 Å². The first kappa shape index (κ1) is 17.9. The third-order valence-electron chi connectivity index (χ3n) is 6.33. The SMILES string of the molecule is Cn1cc(NC2=NCC3C(=N2)N(C2CCc4c(O)cccc42)C(=O)C3(C)C)cn1. The molecule has 2 aromatic rings. The number of guanidine groups is 1. The van der Waals surface area contributed by atoms with Crippen molar-refractivity contribution < 1.29 is 9.90 Å². The van der Waals surface area contributed by atoms with Gasteiger partial charge in [-0.3, -0.25) is 19.4 Å². The van der Waals surface area contributed by atoms with Gasteiger partial charge in [0.05, 0.1) is 35.8 Å². The number of carbonyl (C=O) groups is 1. The third-order valence-corrected chi connectivity index (χ3v) is 6.33. The van der Waals surface area contributed by atoms with Gasteiger partial charge < -0.3 is 10.4 Å². The zero-order valence-electron chi connectivity index (χ0n) is 16.8. The molecular formula is C21H24N6O2. The fraction of sp³-hybridized carbons (Fsp3) is 0.429. The van der Waals surface area contributed by atoms with E-state index in [1.165, 1.54) is 0 Å². The summed E-state index contributed by atoms with van der Waals surface area (Å²) in [5.41, 5.74) is 2.19. The van der Waals surface area contributed by atoms with Crippen LogP contribution in [0.15, 0.2) is 40.6 Å². The zero-order chi connectivity index (χ0) is 20.3. The topological polar surface area (TPSA) is 95.1 Å². The monoisotopic (exact) mass is 392 g/mol. The van der Waals surface area contributed by atoms with Crippen LogP contribution in [-0.4, -0.2) is 44.0 Å². The summed E-state index contributed by atoms with van der Waals surface area (Å²) in [6.07, 6.45) is 5.10. The number of amidine groups is 1. The Morgan fingerprint density at radius 1 is 1.31 bits per heavy atom. The summed E-state index contributed by atoms with van der Waals surface area (Å²) in [6.45, 7) is 4.46. The molecule has 3 heterocycles. The average Bonchev–Trinajstić information content (AvgIpc) is 3.33. The van der Waals surface area contributed by atoms with Crippen molar-refractivity contribution in [3.63, 3.8) is 0 Å². The fourth-order valence-electron chi connectivity index (χ4n) is 4.68. The van der Waals surface area contributed by atoms with Crippen LogP contribution in [0.5, 0.6) is 5.75 Å². The minimum Gasteiger partial charge on any atom is -0.508 e. The number of nitrogens with zero attached hydrogens (tertiary/aromatic N) is 5. The molecule has 150 valence electrons. The summed E-state index contributed by atoms with van der Waals surface area (Å²) in [4.78, 5) is 24.7. The number of amides is 1. The molecule has 2 aliphatic heterocycles. The molecule has 3 aliphatic rings. The number of phenolic OH excluding ortho intramolecular Hbond substituents is 1. The number of anilines is 1. The Kier molecular flexibility index (Phi) is 3.81. The number of hydrogen-bond donors (Lipinski definition) is 2. The molecule has 8 heteroatoms. The summed E-state index contributed by atoms with van der Waals surface area (Å²) in [5.74, 6) is 1.58. The van der Waals surface area contributed by atoms with Crippen molar-refractivity contribution in [2.24, 2.45) is 28.4 Å². The van der Waals surface area contributed by atoms with Gasteiger partial charge in [-0.05, 0) is 30.0 Å². The molecule has 0 radical (unpaired) electrons. The predicted octanol–water partition coefficient (Wildman–Crippen LogP) is 2.48. The van der Waals surface area contributed by atoms with Gasteiger partial charge in [0.25, 0.3) is 0 Å². The number of hydrogen-bond acceptors (Lipinski definition) is 6. The molecule has 2 unspecified atom stereocenters. The number of likely N-dealkylation sites (tertiary alicyclic amines) is 1. The Bertz CT molecular complexity index is 1070. The lowest BCUT2D eigenvalue weighted by Gasteiger charge is -2.28. The van der Waals surface area contributed by atoms with Crippen molar-refractivity contribution >= 4 is 23.4 Å². The van der Waals surface area contributed by atoms with Gasteiger partial charge in [0.2, 0.25) is 11.9 Å². The Balaban J connectivity index is 1.53. The molecule has 1 aliphatic carbocycles. The second-order valence-electron chi connectivity index (χ2n) is 8.51. The summed E-state index contributed by atoms with van der Waals surface area (Å²) < 4.78 is 1.71. The Morgan fingerprint density at radius 3 is 2.90 bits per heavy atom. The number of fused-ring (bicyclic) bond motifs is 2. The molecule has 0 bridgehead atoms. The van der Waals surface area contributed by atoms with Gasteiger partial charge in [0, 0.05) is 13.2 Å². The molecule has 1 saturated heterocycles. The number of aryl methyl sites for hydroxylation is 1. The highest BCUT2D eigenvalue weighted by Gasteiger charge is 2.55. The van der Waals surface area contributed by atoms with Gasteiger partial charge in [-0.25, -0.2) is 0 Å². The van der Waals surface area contributed by atoms with Gasteiger partial charge in [0.1, 0.15) is 11.6 Å². The number of phenols is 1. The number of benzene rings is 1. The van der Waals surface area contributed by atoms with Crippen LogP contribution >= 0.6 is 0 Å². The van der Waals surface area contributed by atoms with Crippen molar-refractivity contribution in [3.8, 4) is 5.75 Å².